The Morgan fingerprint density at radius 1 is 1.00 bits per heavy atom. The molecule has 0 amide bonds. The monoisotopic (exact) mass is 318 g/mol. The van der Waals surface area contributed by atoms with Gasteiger partial charge in [0.1, 0.15) is 5.60 Å². The molecule has 0 unspecified atom stereocenters. The minimum absolute atomic E-state index is 0.292. The normalized spacial score (nSPS) is 19.1. The van der Waals surface area contributed by atoms with Crippen LogP contribution in [0.15, 0.2) is 0 Å². The molecular formula is C15H34N4O3. The topological polar surface area (TPSA) is 85.9 Å². The molecule has 7 nitrogen and oxygen atoms in total. The molecule has 0 aromatic carbocycles. The van der Waals surface area contributed by atoms with Gasteiger partial charge in [-0.15, -0.1) is 0 Å². The van der Waals surface area contributed by atoms with Gasteiger partial charge in [0.15, 0.2) is 0 Å². The van der Waals surface area contributed by atoms with Crippen LogP contribution in [0, 0.1) is 0 Å². The van der Waals surface area contributed by atoms with Gasteiger partial charge in [-0.05, 0) is 20.8 Å². The van der Waals surface area contributed by atoms with Crippen LogP contribution in [0.2, 0.25) is 0 Å². The molecule has 0 saturated carbocycles. The van der Waals surface area contributed by atoms with E-state index >= 15 is 0 Å². The highest BCUT2D eigenvalue weighted by atomic mass is 16.5. The van der Waals surface area contributed by atoms with Gasteiger partial charge < -0.3 is 25.8 Å². The van der Waals surface area contributed by atoms with Gasteiger partial charge in [0.05, 0.1) is 6.61 Å². The van der Waals surface area contributed by atoms with Crippen molar-refractivity contribution >= 4 is 6.47 Å². The number of rotatable bonds is 3. The highest BCUT2D eigenvalue weighted by Crippen LogP contribution is 2.02. The maximum absolute atomic E-state index is 9.60. The predicted molar refractivity (Wildman–Crippen MR) is 89.0 cm³/mol. The number of nitrogens with zero attached hydrogens (tertiary/aromatic N) is 1. The van der Waals surface area contributed by atoms with Crippen LogP contribution >= 0.6 is 0 Å². The van der Waals surface area contributed by atoms with Gasteiger partial charge in [0.2, 0.25) is 0 Å². The number of ether oxygens (including phenoxy) is 1. The van der Waals surface area contributed by atoms with Crippen molar-refractivity contribution in [2.45, 2.75) is 26.4 Å². The van der Waals surface area contributed by atoms with Crippen LogP contribution in [-0.2, 0) is 9.53 Å². The Kier molecular flexibility index (Phi) is 13.4. The van der Waals surface area contributed by atoms with Gasteiger partial charge in [-0.3, -0.25) is 9.69 Å². The summed E-state index contributed by atoms with van der Waals surface area (Å²) in [5, 5.41) is 18.3. The highest BCUT2D eigenvalue weighted by Gasteiger charge is 2.07. The van der Waals surface area contributed by atoms with E-state index in [1.807, 2.05) is 20.8 Å². The lowest BCUT2D eigenvalue weighted by Crippen LogP contribution is -2.44. The molecule has 2 fully saturated rings. The van der Waals surface area contributed by atoms with E-state index in [9.17, 15) is 4.79 Å². The van der Waals surface area contributed by atoms with E-state index in [0.717, 1.165) is 58.9 Å². The zero-order valence-electron chi connectivity index (χ0n) is 14.4. The molecule has 132 valence electrons. The number of aliphatic hydroxyl groups excluding tert-OH is 1. The van der Waals surface area contributed by atoms with E-state index in [0.29, 0.717) is 13.1 Å². The zero-order valence-corrected chi connectivity index (χ0v) is 14.4. The predicted octanol–water partition coefficient (Wildman–Crippen LogP) is -0.979. The molecule has 7 heteroatoms. The molecule has 2 rings (SSSR count). The van der Waals surface area contributed by atoms with Gasteiger partial charge in [-0.1, -0.05) is 0 Å². The van der Waals surface area contributed by atoms with E-state index < -0.39 is 0 Å². The summed E-state index contributed by atoms with van der Waals surface area (Å²) in [6.45, 7) is 15.9. The molecule has 2 aliphatic heterocycles. The average Bonchev–Trinajstić information content (AvgIpc) is 2.50. The Hall–Kier alpha value is -0.730. The van der Waals surface area contributed by atoms with Crippen LogP contribution in [0.25, 0.3) is 0 Å². The van der Waals surface area contributed by atoms with Gasteiger partial charge >= 0.3 is 0 Å². The first-order valence-electron chi connectivity index (χ1n) is 8.06. The second kappa shape index (κ2) is 13.9. The van der Waals surface area contributed by atoms with E-state index in [1.165, 1.54) is 0 Å². The first-order valence-corrected chi connectivity index (χ1v) is 8.06. The smallest absolute Gasteiger partial charge is 0.293 e. The molecule has 2 saturated heterocycles. The number of hydrogen-bond donors (Lipinski definition) is 4. The fourth-order valence-corrected chi connectivity index (χ4v) is 1.82. The number of β-amino-alcohol motifs (C(OH)–C–C–N with tert-alkyl or cyclic N) is 1. The van der Waals surface area contributed by atoms with Crippen LogP contribution in [0.3, 0.4) is 0 Å². The van der Waals surface area contributed by atoms with Crippen LogP contribution < -0.4 is 16.0 Å². The average molecular weight is 318 g/mol. The number of carbonyl (C=O) groups excluding carboxylic acids is 1. The summed E-state index contributed by atoms with van der Waals surface area (Å²) in [5.41, 5.74) is -0.318. The van der Waals surface area contributed by atoms with Crippen molar-refractivity contribution in [3.05, 3.63) is 0 Å². The standard InChI is InChI=1S/C6H14N2O.C5H10O2.C4H10N2/c9-6-5-8-3-1-7-2-4-8;1-5(2,3)7-4-6;1-2-6-4-3-5-1/h7,9H,1-6H2;4H,1-3H3;5-6H,1-4H2. The van der Waals surface area contributed by atoms with Crippen molar-refractivity contribution < 1.29 is 14.6 Å². The lowest BCUT2D eigenvalue weighted by atomic mass is 10.2. The molecule has 0 radical (unpaired) electrons. The van der Waals surface area contributed by atoms with Gasteiger partial charge in [-0.25, -0.2) is 0 Å². The Morgan fingerprint density at radius 3 is 1.73 bits per heavy atom. The number of piperazine rings is 2. The number of hydrogen-bond acceptors (Lipinski definition) is 7. The molecule has 0 aromatic rings. The van der Waals surface area contributed by atoms with Gasteiger partial charge in [0.25, 0.3) is 6.47 Å². The minimum atomic E-state index is -0.318. The van der Waals surface area contributed by atoms with E-state index in [2.05, 4.69) is 25.6 Å². The SMILES string of the molecule is C1CNCCN1.CC(C)(C)OC=O.OCCN1CCNCC1. The molecule has 0 aromatic heterocycles. The maximum Gasteiger partial charge on any atom is 0.293 e. The molecule has 0 aliphatic carbocycles. The molecule has 2 aliphatic rings. The largest absolute Gasteiger partial charge is 0.462 e. The second-order valence-corrected chi connectivity index (χ2v) is 6.14. The Balaban J connectivity index is 0.000000308. The lowest BCUT2D eigenvalue weighted by Gasteiger charge is -2.25. The van der Waals surface area contributed by atoms with Crippen LogP contribution in [0.4, 0.5) is 0 Å². The lowest BCUT2D eigenvalue weighted by molar-refractivity contribution is -0.138. The summed E-state index contributed by atoms with van der Waals surface area (Å²) < 4.78 is 4.55. The Morgan fingerprint density at radius 2 is 1.45 bits per heavy atom. The van der Waals surface area contributed by atoms with Crippen molar-refractivity contribution in [1.82, 2.24) is 20.9 Å². The summed E-state index contributed by atoms with van der Waals surface area (Å²) in [6, 6.07) is 0. The fourth-order valence-electron chi connectivity index (χ4n) is 1.82. The third-order valence-electron chi connectivity index (χ3n) is 2.98. The first-order chi connectivity index (χ1) is 10.5. The molecule has 0 bridgehead atoms. The highest BCUT2D eigenvalue weighted by molar-refractivity contribution is 5.37. The quantitative estimate of drug-likeness (QED) is 0.498. The zero-order chi connectivity index (χ0) is 16.7. The maximum atomic E-state index is 9.60. The second-order valence-electron chi connectivity index (χ2n) is 6.14. The van der Waals surface area contributed by atoms with E-state index in [4.69, 9.17) is 5.11 Å². The Labute approximate surface area is 134 Å². The summed E-state index contributed by atoms with van der Waals surface area (Å²) in [6.07, 6.45) is 0. The number of aliphatic hydroxyl groups is 1. The van der Waals surface area contributed by atoms with E-state index in [-0.39, 0.29) is 5.60 Å². The van der Waals surface area contributed by atoms with Crippen molar-refractivity contribution in [1.29, 1.82) is 0 Å². The van der Waals surface area contributed by atoms with Crippen molar-refractivity contribution in [3.8, 4) is 0 Å². The molecule has 0 atom stereocenters. The minimum Gasteiger partial charge on any atom is -0.462 e. The third kappa shape index (κ3) is 15.7. The number of carbonyl (C=O) groups is 1. The van der Waals surface area contributed by atoms with Crippen molar-refractivity contribution in [2.75, 3.05) is 65.5 Å². The molecule has 22 heavy (non-hydrogen) atoms. The van der Waals surface area contributed by atoms with Crippen molar-refractivity contribution in [2.24, 2.45) is 0 Å². The van der Waals surface area contributed by atoms with Crippen molar-refractivity contribution in [3.63, 3.8) is 0 Å². The summed E-state index contributed by atoms with van der Waals surface area (Å²) in [4.78, 5) is 11.9. The van der Waals surface area contributed by atoms with Crippen LogP contribution in [0.5, 0.6) is 0 Å². The van der Waals surface area contributed by atoms with Crippen LogP contribution in [-0.4, -0.2) is 87.6 Å². The molecule has 0 spiro atoms. The summed E-state index contributed by atoms with van der Waals surface area (Å²) in [7, 11) is 0. The summed E-state index contributed by atoms with van der Waals surface area (Å²) in [5.74, 6) is 0. The van der Waals surface area contributed by atoms with E-state index in [1.54, 1.807) is 0 Å². The first kappa shape index (κ1) is 21.3. The fraction of sp³-hybridized carbons (Fsp3) is 0.933. The van der Waals surface area contributed by atoms with Gasteiger partial charge in [-0.2, -0.15) is 0 Å². The van der Waals surface area contributed by atoms with Crippen LogP contribution in [0.1, 0.15) is 20.8 Å². The number of nitrogens with one attached hydrogen (secondary N) is 3. The Bertz CT molecular complexity index is 235. The third-order valence-corrected chi connectivity index (χ3v) is 2.98. The molecular weight excluding hydrogens is 284 g/mol. The van der Waals surface area contributed by atoms with Gasteiger partial charge in [0, 0.05) is 58.9 Å². The summed E-state index contributed by atoms with van der Waals surface area (Å²) >= 11 is 0. The molecule has 4 N–H and O–H groups in total. The molecule has 2 heterocycles.